The number of hydrogen-bond donors (Lipinski definition) is 1. The zero-order chi connectivity index (χ0) is 33.1. The Balaban J connectivity index is 1.10. The van der Waals surface area contributed by atoms with Crippen LogP contribution in [-0.4, -0.2) is 75.2 Å². The van der Waals surface area contributed by atoms with E-state index in [1.807, 2.05) is 12.1 Å². The Morgan fingerprint density at radius 1 is 0.936 bits per heavy atom. The van der Waals surface area contributed by atoms with E-state index in [4.69, 9.17) is 9.72 Å². The molecule has 0 bridgehead atoms. The number of carbonyl (C=O) groups excluding carboxylic acids is 3. The van der Waals surface area contributed by atoms with E-state index in [9.17, 15) is 19.2 Å². The minimum Gasteiger partial charge on any atom is -0.497 e. The fraction of sp³-hybridized carbons (Fsp3) is 0.343. The van der Waals surface area contributed by atoms with Gasteiger partial charge in [-0.1, -0.05) is 12.8 Å². The predicted molar refractivity (Wildman–Crippen MR) is 179 cm³/mol. The molecule has 0 atom stereocenters. The standard InChI is InChI=1S/C35H37N7O5/c1-22-28-21-37-35(39-33(28)42(25-6-4-5-7-25)34(46)32(22)23(2)43)38-30-14-10-26(20-36-30)40-16-18-41(19-17-40)31(45)15-13-29(44)24-8-11-27(47-3)12-9-24/h8-15,20-21,25H,4-7,16-19H2,1-3H3,(H,36,37,38,39)/b15-13+. The van der Waals surface area contributed by atoms with E-state index in [0.717, 1.165) is 31.4 Å². The van der Waals surface area contributed by atoms with Crippen molar-refractivity contribution in [2.24, 2.45) is 0 Å². The van der Waals surface area contributed by atoms with Gasteiger partial charge in [0.2, 0.25) is 11.9 Å². The highest BCUT2D eigenvalue weighted by molar-refractivity contribution is 6.07. The van der Waals surface area contributed by atoms with Gasteiger partial charge in [0.1, 0.15) is 17.2 Å². The third-order valence-electron chi connectivity index (χ3n) is 8.95. The molecule has 4 heterocycles. The van der Waals surface area contributed by atoms with Crippen LogP contribution in [0.1, 0.15) is 64.9 Å². The van der Waals surface area contributed by atoms with Gasteiger partial charge in [-0.05, 0) is 74.7 Å². The number of aromatic nitrogens is 4. The molecule has 1 N–H and O–H groups in total. The van der Waals surface area contributed by atoms with Gasteiger partial charge >= 0.3 is 0 Å². The Hall–Kier alpha value is -5.39. The van der Waals surface area contributed by atoms with E-state index in [1.54, 1.807) is 60.2 Å². The molecule has 2 fully saturated rings. The number of ketones is 2. The van der Waals surface area contributed by atoms with Gasteiger partial charge in [-0.25, -0.2) is 9.97 Å². The van der Waals surface area contributed by atoms with Gasteiger partial charge in [0, 0.05) is 55.4 Å². The van der Waals surface area contributed by atoms with Crippen LogP contribution in [0, 0.1) is 6.92 Å². The SMILES string of the molecule is COc1ccc(C(=O)/C=C/C(=O)N2CCN(c3ccc(Nc4ncc5c(C)c(C(C)=O)c(=O)n(C6CCCC6)c5n4)nc3)CC2)cc1. The molecule has 1 aromatic carbocycles. The summed E-state index contributed by atoms with van der Waals surface area (Å²) >= 11 is 0. The molecule has 4 aromatic rings. The highest BCUT2D eigenvalue weighted by atomic mass is 16.5. The number of carbonyl (C=O) groups is 3. The maximum Gasteiger partial charge on any atom is 0.263 e. The minimum atomic E-state index is -0.290. The molecule has 1 saturated carbocycles. The number of amides is 1. The summed E-state index contributed by atoms with van der Waals surface area (Å²) in [5, 5.41) is 3.84. The lowest BCUT2D eigenvalue weighted by atomic mass is 10.0. The molecule has 1 aliphatic carbocycles. The molecule has 2 aliphatic rings. The Morgan fingerprint density at radius 3 is 2.30 bits per heavy atom. The van der Waals surface area contributed by atoms with Crippen molar-refractivity contribution in [2.45, 2.75) is 45.6 Å². The van der Waals surface area contributed by atoms with Crippen LogP contribution in [0.4, 0.5) is 17.5 Å². The largest absolute Gasteiger partial charge is 0.497 e. The number of nitrogens with zero attached hydrogens (tertiary/aromatic N) is 6. The number of ether oxygens (including phenoxy) is 1. The third-order valence-corrected chi connectivity index (χ3v) is 8.95. The smallest absolute Gasteiger partial charge is 0.263 e. The normalized spacial score (nSPS) is 15.4. The lowest BCUT2D eigenvalue weighted by Crippen LogP contribution is -2.48. The zero-order valence-electron chi connectivity index (χ0n) is 26.7. The number of rotatable bonds is 9. The topological polar surface area (TPSA) is 140 Å². The first-order valence-corrected chi connectivity index (χ1v) is 15.8. The van der Waals surface area contributed by atoms with E-state index in [2.05, 4.69) is 20.2 Å². The van der Waals surface area contributed by atoms with Crippen molar-refractivity contribution in [1.82, 2.24) is 24.4 Å². The summed E-state index contributed by atoms with van der Waals surface area (Å²) in [4.78, 5) is 68.7. The van der Waals surface area contributed by atoms with E-state index < -0.39 is 0 Å². The molecule has 0 unspecified atom stereocenters. The first kappa shape index (κ1) is 31.6. The first-order chi connectivity index (χ1) is 22.7. The van der Waals surface area contributed by atoms with Crippen LogP contribution in [0.25, 0.3) is 11.0 Å². The fourth-order valence-electron chi connectivity index (χ4n) is 6.36. The minimum absolute atomic E-state index is 0.00232. The Morgan fingerprint density at radius 2 is 1.66 bits per heavy atom. The third kappa shape index (κ3) is 6.62. The maximum absolute atomic E-state index is 13.5. The number of pyridine rings is 2. The summed E-state index contributed by atoms with van der Waals surface area (Å²) in [6, 6.07) is 10.5. The highest BCUT2D eigenvalue weighted by Gasteiger charge is 2.26. The van der Waals surface area contributed by atoms with Crippen molar-refractivity contribution in [3.05, 3.63) is 88.0 Å². The number of aryl methyl sites for hydroxylation is 1. The van der Waals surface area contributed by atoms with Gasteiger partial charge in [-0.15, -0.1) is 0 Å². The summed E-state index contributed by atoms with van der Waals surface area (Å²) in [5.41, 5.74) is 2.43. The second-order valence-electron chi connectivity index (χ2n) is 11.9. The summed E-state index contributed by atoms with van der Waals surface area (Å²) < 4.78 is 6.81. The quantitative estimate of drug-likeness (QED) is 0.204. The molecular formula is C35H37N7O5. The van der Waals surface area contributed by atoms with Gasteiger partial charge in [0.15, 0.2) is 11.6 Å². The summed E-state index contributed by atoms with van der Waals surface area (Å²) in [7, 11) is 1.56. The molecule has 12 nitrogen and oxygen atoms in total. The van der Waals surface area contributed by atoms with E-state index >= 15 is 0 Å². The maximum atomic E-state index is 13.5. The number of fused-ring (bicyclic) bond motifs is 1. The van der Waals surface area contributed by atoms with E-state index in [0.29, 0.717) is 65.9 Å². The van der Waals surface area contributed by atoms with Crippen LogP contribution >= 0.6 is 0 Å². The second-order valence-corrected chi connectivity index (χ2v) is 11.9. The number of piperazine rings is 1. The highest BCUT2D eigenvalue weighted by Crippen LogP contribution is 2.32. The zero-order valence-corrected chi connectivity index (χ0v) is 26.7. The summed E-state index contributed by atoms with van der Waals surface area (Å²) in [5.74, 6) is 0.812. The van der Waals surface area contributed by atoms with Crippen molar-refractivity contribution in [3.8, 4) is 5.75 Å². The number of methoxy groups -OCH3 is 1. The van der Waals surface area contributed by atoms with Crippen LogP contribution in [0.3, 0.4) is 0 Å². The number of anilines is 3. The lowest BCUT2D eigenvalue weighted by Gasteiger charge is -2.35. The molecular weight excluding hydrogens is 598 g/mol. The van der Waals surface area contributed by atoms with Crippen molar-refractivity contribution < 1.29 is 19.1 Å². The van der Waals surface area contributed by atoms with Gasteiger partial charge in [-0.3, -0.25) is 23.7 Å². The lowest BCUT2D eigenvalue weighted by molar-refractivity contribution is -0.126. The number of allylic oxidation sites excluding steroid dienone is 1. The first-order valence-electron chi connectivity index (χ1n) is 15.8. The van der Waals surface area contributed by atoms with Crippen LogP contribution < -0.4 is 20.5 Å². The Labute approximate surface area is 272 Å². The Kier molecular flexibility index (Phi) is 9.10. The van der Waals surface area contributed by atoms with Crippen LogP contribution in [0.5, 0.6) is 5.75 Å². The molecule has 6 rings (SSSR count). The summed E-state index contributed by atoms with van der Waals surface area (Å²) in [6.07, 6.45) is 9.86. The molecule has 1 saturated heterocycles. The van der Waals surface area contributed by atoms with Gasteiger partial charge in [0.25, 0.3) is 5.56 Å². The van der Waals surface area contributed by atoms with Gasteiger partial charge < -0.3 is 19.9 Å². The predicted octanol–water partition coefficient (Wildman–Crippen LogP) is 4.65. The molecule has 3 aromatic heterocycles. The van der Waals surface area contributed by atoms with Gasteiger partial charge in [-0.2, -0.15) is 4.98 Å². The number of benzene rings is 1. The van der Waals surface area contributed by atoms with E-state index in [-0.39, 0.29) is 34.6 Å². The Bertz CT molecular complexity index is 1900. The van der Waals surface area contributed by atoms with Crippen molar-refractivity contribution in [2.75, 3.05) is 43.5 Å². The molecule has 242 valence electrons. The number of Topliss-reactive ketones (excluding diaryl/α,β-unsaturated/α-hetero) is 1. The summed E-state index contributed by atoms with van der Waals surface area (Å²) in [6.45, 7) is 5.46. The molecule has 0 radical (unpaired) electrons. The molecule has 47 heavy (non-hydrogen) atoms. The van der Waals surface area contributed by atoms with Gasteiger partial charge in [0.05, 0.1) is 24.6 Å². The fourth-order valence-corrected chi connectivity index (χ4v) is 6.36. The molecule has 12 heteroatoms. The number of hydrogen-bond acceptors (Lipinski definition) is 10. The van der Waals surface area contributed by atoms with Crippen molar-refractivity contribution in [3.63, 3.8) is 0 Å². The molecule has 1 amide bonds. The monoisotopic (exact) mass is 635 g/mol. The number of nitrogens with one attached hydrogen (secondary N) is 1. The van der Waals surface area contributed by atoms with Crippen molar-refractivity contribution in [1.29, 1.82) is 0 Å². The van der Waals surface area contributed by atoms with Crippen LogP contribution in [-0.2, 0) is 4.79 Å². The molecule has 1 aliphatic heterocycles. The average Bonchev–Trinajstić information content (AvgIpc) is 3.62. The van der Waals surface area contributed by atoms with Crippen molar-refractivity contribution >= 4 is 46.0 Å². The average molecular weight is 636 g/mol. The van der Waals surface area contributed by atoms with Crippen LogP contribution in [0.2, 0.25) is 0 Å². The second kappa shape index (κ2) is 13.5. The molecule has 0 spiro atoms. The van der Waals surface area contributed by atoms with E-state index in [1.165, 1.54) is 19.1 Å². The van der Waals surface area contributed by atoms with Crippen LogP contribution in [0.15, 0.2) is 65.7 Å².